The van der Waals surface area contributed by atoms with E-state index < -0.39 is 0 Å². The Labute approximate surface area is 49.4 Å². The summed E-state index contributed by atoms with van der Waals surface area (Å²) in [6.07, 6.45) is 1.04. The topological polar surface area (TPSA) is 35.2 Å². The van der Waals surface area contributed by atoms with Crippen LogP contribution in [0, 0.1) is 0 Å². The van der Waals surface area contributed by atoms with Gasteiger partial charge in [-0.3, -0.25) is 0 Å². The van der Waals surface area contributed by atoms with Crippen LogP contribution in [0.2, 0.25) is 0 Å². The first-order valence-corrected chi connectivity index (χ1v) is 2.23. The van der Waals surface area contributed by atoms with E-state index in [0.29, 0.717) is 6.04 Å². The zero-order chi connectivity index (χ0) is 4.41. The number of rotatable bonds is 0. The molecule has 0 aromatic rings. The summed E-state index contributed by atoms with van der Waals surface area (Å²) in [5.41, 5.74) is 5.41. The van der Waals surface area contributed by atoms with Gasteiger partial charge in [0.15, 0.2) is 0 Å². The molecule has 0 aromatic heterocycles. The molecule has 2 nitrogen and oxygen atoms in total. The van der Waals surface area contributed by atoms with Gasteiger partial charge >= 0.3 is 0 Å². The molecule has 0 bridgehead atoms. The van der Waals surface area contributed by atoms with Gasteiger partial charge in [0, 0.05) is 12.6 Å². The summed E-state index contributed by atoms with van der Waals surface area (Å²) in [5, 5.41) is 0. The predicted octanol–water partition coefficient (Wildman–Crippen LogP) is 0.156. The van der Waals surface area contributed by atoms with Crippen LogP contribution in [-0.2, 0) is 4.74 Å². The number of hydrogen-bond donors (Lipinski definition) is 1. The average Bonchev–Trinajstić information content (AvgIpc) is 1.86. The number of hydrogen-bond acceptors (Lipinski definition) is 2. The smallest absolute Gasteiger partial charge is 0.0618 e. The van der Waals surface area contributed by atoms with E-state index in [1.165, 1.54) is 0 Å². The molecular weight excluding hydrogens is 114 g/mol. The van der Waals surface area contributed by atoms with Crippen molar-refractivity contribution in [1.82, 2.24) is 0 Å². The Balaban J connectivity index is 0.000000360. The molecule has 0 saturated carbocycles. The van der Waals surface area contributed by atoms with Crippen LogP contribution in [0.1, 0.15) is 6.42 Å². The largest absolute Gasteiger partial charge is 0.380 e. The van der Waals surface area contributed by atoms with Crippen LogP contribution in [0.15, 0.2) is 0 Å². The monoisotopic (exact) mass is 123 g/mol. The van der Waals surface area contributed by atoms with Crippen molar-refractivity contribution in [2.75, 3.05) is 13.2 Å². The molecule has 3 heteroatoms. The third kappa shape index (κ3) is 2.12. The standard InChI is InChI=1S/C4H9NO.ClH/c5-4-1-2-6-3-4;/h4H,1-3,5H2;1H. The lowest BCUT2D eigenvalue weighted by Gasteiger charge is -1.90. The minimum atomic E-state index is 0. The van der Waals surface area contributed by atoms with Crippen LogP contribution >= 0.6 is 12.4 Å². The number of ether oxygens (including phenoxy) is 1. The summed E-state index contributed by atoms with van der Waals surface area (Å²) in [5.74, 6) is 0. The highest BCUT2D eigenvalue weighted by Crippen LogP contribution is 1.98. The second-order valence-electron chi connectivity index (χ2n) is 1.62. The Bertz CT molecular complexity index is 45.0. The molecule has 0 radical (unpaired) electrons. The average molecular weight is 124 g/mol. The number of nitrogens with two attached hydrogens (primary N) is 1. The molecule has 1 rings (SSSR count). The summed E-state index contributed by atoms with van der Waals surface area (Å²) < 4.78 is 4.93. The van der Waals surface area contributed by atoms with E-state index in [0.717, 1.165) is 19.6 Å². The predicted molar refractivity (Wildman–Crippen MR) is 30.7 cm³/mol. The van der Waals surface area contributed by atoms with Crippen LogP contribution in [-0.4, -0.2) is 19.3 Å². The molecular formula is C4H10ClNO. The fourth-order valence-corrected chi connectivity index (χ4v) is 0.553. The molecule has 7 heavy (non-hydrogen) atoms. The van der Waals surface area contributed by atoms with Gasteiger partial charge in [0.05, 0.1) is 6.61 Å². The first kappa shape index (κ1) is 7.21. The second-order valence-corrected chi connectivity index (χ2v) is 1.62. The van der Waals surface area contributed by atoms with Crippen molar-refractivity contribution >= 4 is 12.4 Å². The van der Waals surface area contributed by atoms with E-state index in [1.54, 1.807) is 0 Å². The highest BCUT2D eigenvalue weighted by atomic mass is 35.5. The van der Waals surface area contributed by atoms with Crippen molar-refractivity contribution in [3.05, 3.63) is 0 Å². The van der Waals surface area contributed by atoms with Crippen molar-refractivity contribution < 1.29 is 4.74 Å². The molecule has 1 unspecified atom stereocenters. The Hall–Kier alpha value is 0.210. The first-order valence-electron chi connectivity index (χ1n) is 2.23. The van der Waals surface area contributed by atoms with Crippen molar-refractivity contribution in [3.63, 3.8) is 0 Å². The van der Waals surface area contributed by atoms with Crippen molar-refractivity contribution in [2.24, 2.45) is 5.73 Å². The van der Waals surface area contributed by atoms with Crippen LogP contribution in [0.25, 0.3) is 0 Å². The third-order valence-electron chi connectivity index (χ3n) is 0.965. The summed E-state index contributed by atoms with van der Waals surface area (Å²) in [4.78, 5) is 0. The van der Waals surface area contributed by atoms with E-state index in [9.17, 15) is 0 Å². The molecule has 1 heterocycles. The minimum absolute atomic E-state index is 0. The van der Waals surface area contributed by atoms with Gasteiger partial charge in [-0.2, -0.15) is 0 Å². The van der Waals surface area contributed by atoms with Gasteiger partial charge in [-0.05, 0) is 6.42 Å². The van der Waals surface area contributed by atoms with Gasteiger partial charge in [0.2, 0.25) is 0 Å². The van der Waals surface area contributed by atoms with E-state index in [2.05, 4.69) is 0 Å². The molecule has 0 amide bonds. The highest BCUT2D eigenvalue weighted by molar-refractivity contribution is 5.85. The molecule has 1 aliphatic heterocycles. The fourth-order valence-electron chi connectivity index (χ4n) is 0.553. The third-order valence-corrected chi connectivity index (χ3v) is 0.965. The van der Waals surface area contributed by atoms with Crippen LogP contribution in [0.5, 0.6) is 0 Å². The van der Waals surface area contributed by atoms with Gasteiger partial charge in [-0.15, -0.1) is 12.4 Å². The molecule has 44 valence electrons. The van der Waals surface area contributed by atoms with Crippen LogP contribution in [0.4, 0.5) is 0 Å². The molecule has 1 atom stereocenters. The van der Waals surface area contributed by atoms with Crippen molar-refractivity contribution in [2.45, 2.75) is 12.5 Å². The summed E-state index contributed by atoms with van der Waals surface area (Å²) in [6, 6.07) is 0.324. The molecule has 0 aliphatic carbocycles. The summed E-state index contributed by atoms with van der Waals surface area (Å²) in [6.45, 7) is 1.63. The lowest BCUT2D eigenvalue weighted by atomic mass is 10.3. The Morgan fingerprint density at radius 1 is 1.57 bits per heavy atom. The van der Waals surface area contributed by atoms with Gasteiger partial charge in [-0.25, -0.2) is 0 Å². The molecule has 0 aromatic carbocycles. The lowest BCUT2D eigenvalue weighted by molar-refractivity contribution is 0.194. The lowest BCUT2D eigenvalue weighted by Crippen LogP contribution is -2.18. The normalized spacial score (nSPS) is 29.6. The molecule has 1 aliphatic rings. The maximum Gasteiger partial charge on any atom is 0.0618 e. The first-order chi connectivity index (χ1) is 2.89. The number of halogens is 1. The molecule has 1 fully saturated rings. The van der Waals surface area contributed by atoms with Gasteiger partial charge in [0.1, 0.15) is 0 Å². The molecule has 2 N–H and O–H groups in total. The highest BCUT2D eigenvalue weighted by Gasteiger charge is 2.07. The Kier molecular flexibility index (Phi) is 3.34. The maximum atomic E-state index is 5.41. The summed E-state index contributed by atoms with van der Waals surface area (Å²) in [7, 11) is 0. The molecule has 1 saturated heterocycles. The Morgan fingerprint density at radius 2 is 2.29 bits per heavy atom. The van der Waals surface area contributed by atoms with Gasteiger partial charge < -0.3 is 10.5 Å². The fraction of sp³-hybridized carbons (Fsp3) is 1.00. The van der Waals surface area contributed by atoms with Gasteiger partial charge in [0.25, 0.3) is 0 Å². The van der Waals surface area contributed by atoms with Crippen molar-refractivity contribution in [3.8, 4) is 0 Å². The Morgan fingerprint density at radius 3 is 2.43 bits per heavy atom. The quantitative estimate of drug-likeness (QED) is 0.498. The summed E-state index contributed by atoms with van der Waals surface area (Å²) >= 11 is 0. The van der Waals surface area contributed by atoms with Crippen LogP contribution in [0.3, 0.4) is 0 Å². The molecule has 0 spiro atoms. The van der Waals surface area contributed by atoms with Crippen LogP contribution < -0.4 is 5.73 Å². The van der Waals surface area contributed by atoms with E-state index in [4.69, 9.17) is 10.5 Å². The zero-order valence-corrected chi connectivity index (χ0v) is 4.91. The van der Waals surface area contributed by atoms with Crippen molar-refractivity contribution in [1.29, 1.82) is 0 Å². The van der Waals surface area contributed by atoms with E-state index in [-0.39, 0.29) is 12.4 Å². The van der Waals surface area contributed by atoms with E-state index >= 15 is 0 Å². The zero-order valence-electron chi connectivity index (χ0n) is 4.09. The SMILES string of the molecule is Cl.NC1CCOC1. The minimum Gasteiger partial charge on any atom is -0.380 e. The van der Waals surface area contributed by atoms with E-state index in [1.807, 2.05) is 0 Å². The van der Waals surface area contributed by atoms with Gasteiger partial charge in [-0.1, -0.05) is 0 Å². The second kappa shape index (κ2) is 3.24. The maximum absolute atomic E-state index is 5.41.